The summed E-state index contributed by atoms with van der Waals surface area (Å²) in [5.74, 6) is 0.690. The van der Waals surface area contributed by atoms with Gasteiger partial charge in [-0.2, -0.15) is 0 Å². The molecule has 2 rings (SSSR count). The van der Waals surface area contributed by atoms with Crippen LogP contribution in [0.25, 0.3) is 0 Å². The highest BCUT2D eigenvalue weighted by Gasteiger charge is 2.13. The molecule has 2 N–H and O–H groups in total. The van der Waals surface area contributed by atoms with Gasteiger partial charge in [-0.1, -0.05) is 25.1 Å². The minimum atomic E-state index is -3.19. The molecule has 1 aromatic heterocycles. The van der Waals surface area contributed by atoms with Gasteiger partial charge in [0.2, 0.25) is 0 Å². The fourth-order valence-electron chi connectivity index (χ4n) is 2.29. The smallest absolute Gasteiger partial charge is 0.175 e. The van der Waals surface area contributed by atoms with Crippen molar-refractivity contribution in [3.8, 4) is 0 Å². The lowest BCUT2D eigenvalue weighted by atomic mass is 10.1. The molecule has 0 amide bonds. The minimum absolute atomic E-state index is 0.0107. The van der Waals surface area contributed by atoms with E-state index in [-0.39, 0.29) is 6.04 Å². The van der Waals surface area contributed by atoms with Crippen LogP contribution in [0.4, 0.5) is 5.82 Å². The molecule has 1 atom stereocenters. The Balaban J connectivity index is 2.07. The first kappa shape index (κ1) is 18.4. The standard InChI is InChI=1S/C17H21N3O2S2/c1-4-15(13-8-10-14(11-9-13)24(3,21)22)19-17(23)20-16-7-5-6-12(2)18-16/h5-11,15H,4H2,1-3H3,(H2,18,19,20,23)/t15-/m0/s1. The Morgan fingerprint density at radius 2 is 1.88 bits per heavy atom. The molecular formula is C17H21N3O2S2. The number of sulfone groups is 1. The second kappa shape index (κ2) is 7.72. The van der Waals surface area contributed by atoms with Crippen LogP contribution in [0, 0.1) is 6.92 Å². The van der Waals surface area contributed by atoms with E-state index in [0.29, 0.717) is 15.8 Å². The number of nitrogens with one attached hydrogen (secondary N) is 2. The molecule has 24 heavy (non-hydrogen) atoms. The predicted molar refractivity (Wildman–Crippen MR) is 101 cm³/mol. The number of anilines is 1. The van der Waals surface area contributed by atoms with Crippen molar-refractivity contribution < 1.29 is 8.42 Å². The Kier molecular flexibility index (Phi) is 5.90. The van der Waals surface area contributed by atoms with Crippen LogP contribution in [-0.4, -0.2) is 24.8 Å². The summed E-state index contributed by atoms with van der Waals surface area (Å²) in [4.78, 5) is 4.66. The van der Waals surface area contributed by atoms with Gasteiger partial charge in [-0.05, 0) is 55.4 Å². The van der Waals surface area contributed by atoms with E-state index in [1.54, 1.807) is 12.1 Å². The highest BCUT2D eigenvalue weighted by Crippen LogP contribution is 2.19. The van der Waals surface area contributed by atoms with Crippen molar-refractivity contribution in [3.63, 3.8) is 0 Å². The highest BCUT2D eigenvalue weighted by atomic mass is 32.2. The molecule has 0 radical (unpaired) electrons. The molecule has 0 saturated heterocycles. The van der Waals surface area contributed by atoms with Crippen molar-refractivity contribution >= 4 is 33.0 Å². The Hall–Kier alpha value is -1.99. The summed E-state index contributed by atoms with van der Waals surface area (Å²) in [6.45, 7) is 3.95. The first-order chi connectivity index (χ1) is 11.3. The molecule has 0 unspecified atom stereocenters. The Labute approximate surface area is 148 Å². The maximum absolute atomic E-state index is 11.5. The third kappa shape index (κ3) is 5.01. The van der Waals surface area contributed by atoms with Gasteiger partial charge in [0.05, 0.1) is 10.9 Å². The topological polar surface area (TPSA) is 71.1 Å². The second-order valence-corrected chi connectivity index (χ2v) is 7.99. The van der Waals surface area contributed by atoms with Gasteiger partial charge in [-0.25, -0.2) is 13.4 Å². The molecule has 1 heterocycles. The van der Waals surface area contributed by atoms with E-state index in [1.807, 2.05) is 44.2 Å². The number of aromatic nitrogens is 1. The number of pyridine rings is 1. The second-order valence-electron chi connectivity index (χ2n) is 5.56. The van der Waals surface area contributed by atoms with Crippen molar-refractivity contribution in [2.75, 3.05) is 11.6 Å². The third-order valence-corrected chi connectivity index (χ3v) is 4.90. The summed E-state index contributed by atoms with van der Waals surface area (Å²) < 4.78 is 23.1. The molecule has 0 saturated carbocycles. The van der Waals surface area contributed by atoms with E-state index in [9.17, 15) is 8.42 Å². The maximum atomic E-state index is 11.5. The van der Waals surface area contributed by atoms with Crippen LogP contribution in [0.15, 0.2) is 47.4 Å². The van der Waals surface area contributed by atoms with Crippen molar-refractivity contribution in [1.82, 2.24) is 10.3 Å². The largest absolute Gasteiger partial charge is 0.356 e. The monoisotopic (exact) mass is 363 g/mol. The van der Waals surface area contributed by atoms with Gasteiger partial charge in [0.1, 0.15) is 5.82 Å². The number of nitrogens with zero attached hydrogens (tertiary/aromatic N) is 1. The molecule has 2 aromatic rings. The molecule has 1 aromatic carbocycles. The number of benzene rings is 1. The van der Waals surface area contributed by atoms with E-state index in [2.05, 4.69) is 15.6 Å². The summed E-state index contributed by atoms with van der Waals surface area (Å²) in [5.41, 5.74) is 1.89. The average molecular weight is 364 g/mol. The molecule has 0 fully saturated rings. The van der Waals surface area contributed by atoms with Crippen LogP contribution >= 0.6 is 12.2 Å². The lowest BCUT2D eigenvalue weighted by molar-refractivity contribution is 0.601. The van der Waals surface area contributed by atoms with Crippen LogP contribution in [0.1, 0.15) is 30.6 Å². The van der Waals surface area contributed by atoms with Crippen LogP contribution in [0.2, 0.25) is 0 Å². The molecule has 0 bridgehead atoms. The highest BCUT2D eigenvalue weighted by molar-refractivity contribution is 7.90. The summed E-state index contributed by atoms with van der Waals surface area (Å²) >= 11 is 5.35. The normalized spacial score (nSPS) is 12.5. The van der Waals surface area contributed by atoms with Crippen LogP contribution in [-0.2, 0) is 9.84 Å². The molecule has 0 aliphatic heterocycles. The van der Waals surface area contributed by atoms with E-state index in [1.165, 1.54) is 6.26 Å². The Bertz CT molecular complexity index is 818. The van der Waals surface area contributed by atoms with E-state index < -0.39 is 9.84 Å². The number of rotatable bonds is 5. The molecular weight excluding hydrogens is 342 g/mol. The van der Waals surface area contributed by atoms with Gasteiger partial charge in [0, 0.05) is 11.9 Å². The summed E-state index contributed by atoms with van der Waals surface area (Å²) in [6, 6.07) is 12.5. The number of hydrogen-bond acceptors (Lipinski definition) is 4. The van der Waals surface area contributed by atoms with Gasteiger partial charge < -0.3 is 10.6 Å². The van der Waals surface area contributed by atoms with Crippen LogP contribution in [0.3, 0.4) is 0 Å². The zero-order chi connectivity index (χ0) is 17.7. The van der Waals surface area contributed by atoms with Gasteiger partial charge in [-0.3, -0.25) is 0 Å². The number of thiocarbonyl (C=S) groups is 1. The van der Waals surface area contributed by atoms with Gasteiger partial charge in [-0.15, -0.1) is 0 Å². The van der Waals surface area contributed by atoms with Crippen LogP contribution < -0.4 is 10.6 Å². The summed E-state index contributed by atoms with van der Waals surface area (Å²) in [5, 5.41) is 6.79. The molecule has 5 nitrogen and oxygen atoms in total. The Morgan fingerprint density at radius 1 is 1.21 bits per heavy atom. The number of aryl methyl sites for hydroxylation is 1. The molecule has 0 spiro atoms. The SMILES string of the molecule is CC[C@H](NC(=S)Nc1cccc(C)n1)c1ccc(S(C)(=O)=O)cc1. The van der Waals surface area contributed by atoms with Gasteiger partial charge in [0.15, 0.2) is 14.9 Å². The molecule has 0 aliphatic carbocycles. The zero-order valence-corrected chi connectivity index (χ0v) is 15.5. The average Bonchev–Trinajstić information content (AvgIpc) is 2.52. The van der Waals surface area contributed by atoms with E-state index in [4.69, 9.17) is 12.2 Å². The molecule has 7 heteroatoms. The Morgan fingerprint density at radius 3 is 2.42 bits per heavy atom. The molecule has 0 aliphatic rings. The maximum Gasteiger partial charge on any atom is 0.175 e. The summed E-state index contributed by atoms with van der Waals surface area (Å²) in [7, 11) is -3.19. The first-order valence-electron chi connectivity index (χ1n) is 7.61. The summed E-state index contributed by atoms with van der Waals surface area (Å²) in [6.07, 6.45) is 2.01. The van der Waals surface area contributed by atoms with Crippen molar-refractivity contribution in [3.05, 3.63) is 53.7 Å². The predicted octanol–water partition coefficient (Wildman–Crippen LogP) is 3.23. The van der Waals surface area contributed by atoms with Crippen molar-refractivity contribution in [2.24, 2.45) is 0 Å². The quantitative estimate of drug-likeness (QED) is 0.795. The third-order valence-electron chi connectivity index (χ3n) is 3.55. The minimum Gasteiger partial charge on any atom is -0.356 e. The lowest BCUT2D eigenvalue weighted by Gasteiger charge is -2.20. The van der Waals surface area contributed by atoms with Gasteiger partial charge >= 0.3 is 0 Å². The van der Waals surface area contributed by atoms with E-state index in [0.717, 1.165) is 17.7 Å². The fraction of sp³-hybridized carbons (Fsp3) is 0.294. The number of hydrogen-bond donors (Lipinski definition) is 2. The fourth-order valence-corrected chi connectivity index (χ4v) is 3.17. The lowest BCUT2D eigenvalue weighted by Crippen LogP contribution is -2.32. The van der Waals surface area contributed by atoms with Gasteiger partial charge in [0.25, 0.3) is 0 Å². The molecule has 128 valence electrons. The van der Waals surface area contributed by atoms with Crippen molar-refractivity contribution in [1.29, 1.82) is 0 Å². The first-order valence-corrected chi connectivity index (χ1v) is 9.90. The van der Waals surface area contributed by atoms with Crippen molar-refractivity contribution in [2.45, 2.75) is 31.2 Å². The zero-order valence-electron chi connectivity index (χ0n) is 13.9. The van der Waals surface area contributed by atoms with Crippen LogP contribution in [0.5, 0.6) is 0 Å². The van der Waals surface area contributed by atoms with E-state index >= 15 is 0 Å².